The summed E-state index contributed by atoms with van der Waals surface area (Å²) < 4.78 is 1.64. The van der Waals surface area contributed by atoms with E-state index in [2.05, 4.69) is 15.7 Å². The second-order valence-electron chi connectivity index (χ2n) is 5.13. The van der Waals surface area contributed by atoms with Crippen molar-refractivity contribution in [3.63, 3.8) is 0 Å². The summed E-state index contributed by atoms with van der Waals surface area (Å²) in [5, 5.41) is 20.5. The summed E-state index contributed by atoms with van der Waals surface area (Å²) in [5.41, 5.74) is 1.78. The molecule has 24 heavy (non-hydrogen) atoms. The smallest absolute Gasteiger partial charge is 0.269 e. The number of nitrogens with one attached hydrogen (secondary N) is 2. The zero-order valence-electron chi connectivity index (χ0n) is 13.4. The number of benzene rings is 1. The second-order valence-corrected chi connectivity index (χ2v) is 5.13. The Bertz CT molecular complexity index is 687. The maximum Gasteiger partial charge on any atom is 0.269 e. The van der Waals surface area contributed by atoms with E-state index in [4.69, 9.17) is 0 Å². The van der Waals surface area contributed by atoms with Crippen LogP contribution in [0.1, 0.15) is 17.2 Å². The molecule has 0 radical (unpaired) electrons. The quantitative estimate of drug-likeness (QED) is 0.578. The zero-order valence-corrected chi connectivity index (χ0v) is 14.2. The van der Waals surface area contributed by atoms with Crippen LogP contribution < -0.4 is 10.6 Å². The van der Waals surface area contributed by atoms with Crippen LogP contribution in [-0.4, -0.2) is 34.2 Å². The molecule has 0 aliphatic rings. The summed E-state index contributed by atoms with van der Waals surface area (Å²) in [5.74, 6) is -0.137. The summed E-state index contributed by atoms with van der Waals surface area (Å²) >= 11 is 0. The molecule has 0 saturated heterocycles. The summed E-state index contributed by atoms with van der Waals surface area (Å²) in [6, 6.07) is 5.86. The molecule has 9 heteroatoms. The van der Waals surface area contributed by atoms with Gasteiger partial charge in [0.25, 0.3) is 5.69 Å². The molecule has 1 amide bonds. The Kier molecular flexibility index (Phi) is 7.34. The van der Waals surface area contributed by atoms with E-state index in [0.717, 1.165) is 11.1 Å². The third-order valence-corrected chi connectivity index (χ3v) is 3.47. The van der Waals surface area contributed by atoms with E-state index in [-0.39, 0.29) is 24.0 Å². The lowest BCUT2D eigenvalue weighted by molar-refractivity contribution is -0.384. The highest BCUT2D eigenvalue weighted by molar-refractivity contribution is 5.85. The number of hydrogen-bond acceptors (Lipinski definition) is 5. The zero-order chi connectivity index (χ0) is 16.8. The fraction of sp³-hybridized carbons (Fsp3) is 0.333. The van der Waals surface area contributed by atoms with Gasteiger partial charge in [0, 0.05) is 37.5 Å². The molecule has 0 spiro atoms. The first kappa shape index (κ1) is 19.6. The normalized spacial score (nSPS) is 11.4. The van der Waals surface area contributed by atoms with Crippen molar-refractivity contribution in [1.82, 2.24) is 20.4 Å². The van der Waals surface area contributed by atoms with Crippen LogP contribution in [0, 0.1) is 10.1 Å². The molecular formula is C15H20ClN5O3. The van der Waals surface area contributed by atoms with Crippen LogP contribution in [0.15, 0.2) is 36.7 Å². The predicted octanol–water partition coefficient (Wildman–Crippen LogP) is 1.37. The number of rotatable bonds is 7. The number of nitrogens with zero attached hydrogens (tertiary/aromatic N) is 3. The van der Waals surface area contributed by atoms with Crippen molar-refractivity contribution in [2.24, 2.45) is 7.05 Å². The molecule has 1 atom stereocenters. The van der Waals surface area contributed by atoms with Gasteiger partial charge in [0.2, 0.25) is 5.91 Å². The van der Waals surface area contributed by atoms with Crippen molar-refractivity contribution < 1.29 is 9.72 Å². The largest absolute Gasteiger partial charge is 0.354 e. The molecule has 1 unspecified atom stereocenters. The standard InChI is InChI=1S/C15H19N5O3.ClH/c1-16-14(12-9-18-19(2)10-12)15(21)17-8-7-11-3-5-13(6-4-11)20(22)23;/h3-6,9-10,14,16H,7-8H2,1-2H3,(H,17,21);1H. The first-order chi connectivity index (χ1) is 11.0. The number of carbonyl (C=O) groups is 1. The lowest BCUT2D eigenvalue weighted by Crippen LogP contribution is -2.36. The molecule has 0 fully saturated rings. The average Bonchev–Trinajstić information content (AvgIpc) is 2.95. The van der Waals surface area contributed by atoms with Gasteiger partial charge in [0.15, 0.2) is 0 Å². The second kappa shape index (κ2) is 8.99. The Morgan fingerprint density at radius 3 is 2.54 bits per heavy atom. The molecule has 0 bridgehead atoms. The first-order valence-electron chi connectivity index (χ1n) is 7.18. The SMILES string of the molecule is CNC(C(=O)NCCc1ccc([N+](=O)[O-])cc1)c1cnn(C)c1.Cl. The molecule has 0 aliphatic carbocycles. The Morgan fingerprint density at radius 2 is 2.04 bits per heavy atom. The van der Waals surface area contributed by atoms with Crippen molar-refractivity contribution in [3.8, 4) is 0 Å². The van der Waals surface area contributed by atoms with E-state index < -0.39 is 11.0 Å². The van der Waals surface area contributed by atoms with Gasteiger partial charge in [-0.2, -0.15) is 5.10 Å². The molecule has 8 nitrogen and oxygen atoms in total. The van der Waals surface area contributed by atoms with Crippen LogP contribution in [0.2, 0.25) is 0 Å². The molecule has 130 valence electrons. The van der Waals surface area contributed by atoms with E-state index >= 15 is 0 Å². The highest BCUT2D eigenvalue weighted by Crippen LogP contribution is 2.13. The predicted molar refractivity (Wildman–Crippen MR) is 92.1 cm³/mol. The molecule has 1 heterocycles. The van der Waals surface area contributed by atoms with Crippen LogP contribution in [-0.2, 0) is 18.3 Å². The van der Waals surface area contributed by atoms with Gasteiger partial charge >= 0.3 is 0 Å². The molecule has 2 rings (SSSR count). The maximum atomic E-state index is 12.2. The lowest BCUT2D eigenvalue weighted by atomic mass is 10.1. The number of likely N-dealkylation sites (N-methyl/N-ethyl adjacent to an activating group) is 1. The van der Waals surface area contributed by atoms with Crippen LogP contribution >= 0.6 is 12.4 Å². The van der Waals surface area contributed by atoms with Crippen molar-refractivity contribution in [1.29, 1.82) is 0 Å². The molecular weight excluding hydrogens is 334 g/mol. The van der Waals surface area contributed by atoms with Gasteiger partial charge in [0.1, 0.15) is 6.04 Å². The molecule has 2 aromatic rings. The first-order valence-corrected chi connectivity index (χ1v) is 7.18. The van der Waals surface area contributed by atoms with Gasteiger partial charge in [-0.05, 0) is 19.0 Å². The van der Waals surface area contributed by atoms with Crippen molar-refractivity contribution in [2.45, 2.75) is 12.5 Å². The minimum absolute atomic E-state index is 0. The van der Waals surface area contributed by atoms with Gasteiger partial charge in [-0.3, -0.25) is 19.6 Å². The van der Waals surface area contributed by atoms with Gasteiger partial charge in [-0.25, -0.2) is 0 Å². The Hall–Kier alpha value is -2.45. The Balaban J connectivity index is 0.00000288. The van der Waals surface area contributed by atoms with Crippen LogP contribution in [0.5, 0.6) is 0 Å². The molecule has 2 N–H and O–H groups in total. The van der Waals surface area contributed by atoms with E-state index in [1.807, 2.05) is 0 Å². The molecule has 0 saturated carbocycles. The van der Waals surface area contributed by atoms with Gasteiger partial charge in [0.05, 0.1) is 11.1 Å². The van der Waals surface area contributed by atoms with Crippen LogP contribution in [0.3, 0.4) is 0 Å². The fourth-order valence-corrected chi connectivity index (χ4v) is 2.25. The average molecular weight is 354 g/mol. The molecule has 1 aromatic carbocycles. The highest BCUT2D eigenvalue weighted by atomic mass is 35.5. The summed E-state index contributed by atoms with van der Waals surface area (Å²) in [6.45, 7) is 0.453. The number of non-ortho nitro benzene ring substituents is 1. The fourth-order valence-electron chi connectivity index (χ4n) is 2.25. The van der Waals surface area contributed by atoms with E-state index in [1.54, 1.807) is 43.3 Å². The maximum absolute atomic E-state index is 12.2. The monoisotopic (exact) mass is 353 g/mol. The van der Waals surface area contributed by atoms with Crippen LogP contribution in [0.25, 0.3) is 0 Å². The third-order valence-electron chi connectivity index (χ3n) is 3.47. The number of amides is 1. The van der Waals surface area contributed by atoms with Crippen LogP contribution in [0.4, 0.5) is 5.69 Å². The summed E-state index contributed by atoms with van der Waals surface area (Å²) in [7, 11) is 3.51. The van der Waals surface area contributed by atoms with Gasteiger partial charge < -0.3 is 10.6 Å². The Morgan fingerprint density at radius 1 is 1.38 bits per heavy atom. The molecule has 1 aromatic heterocycles. The minimum atomic E-state index is -0.458. The highest BCUT2D eigenvalue weighted by Gasteiger charge is 2.19. The van der Waals surface area contributed by atoms with Crippen molar-refractivity contribution in [3.05, 3.63) is 57.9 Å². The van der Waals surface area contributed by atoms with E-state index in [1.165, 1.54) is 12.1 Å². The van der Waals surface area contributed by atoms with Gasteiger partial charge in [-0.1, -0.05) is 12.1 Å². The van der Waals surface area contributed by atoms with Crippen molar-refractivity contribution in [2.75, 3.05) is 13.6 Å². The number of aryl methyl sites for hydroxylation is 1. The topological polar surface area (TPSA) is 102 Å². The third kappa shape index (κ3) is 5.04. The van der Waals surface area contributed by atoms with E-state index in [0.29, 0.717) is 13.0 Å². The number of aromatic nitrogens is 2. The number of hydrogen-bond donors (Lipinski definition) is 2. The minimum Gasteiger partial charge on any atom is -0.354 e. The number of halogens is 1. The lowest BCUT2D eigenvalue weighted by Gasteiger charge is -2.14. The Labute approximate surface area is 145 Å². The summed E-state index contributed by atoms with van der Waals surface area (Å²) in [6.07, 6.45) is 4.04. The summed E-state index contributed by atoms with van der Waals surface area (Å²) in [4.78, 5) is 22.4. The number of nitro benzene ring substituents is 1. The van der Waals surface area contributed by atoms with Gasteiger partial charge in [-0.15, -0.1) is 12.4 Å². The van der Waals surface area contributed by atoms with E-state index in [9.17, 15) is 14.9 Å². The number of carbonyl (C=O) groups excluding carboxylic acids is 1. The molecule has 0 aliphatic heterocycles. The van der Waals surface area contributed by atoms with Crippen molar-refractivity contribution >= 4 is 24.0 Å². The number of nitro groups is 1.